The fourth-order valence-electron chi connectivity index (χ4n) is 2.91. The van der Waals surface area contributed by atoms with Crippen molar-refractivity contribution >= 4 is 17.4 Å². The first-order valence-corrected chi connectivity index (χ1v) is 8.54. The number of pyridine rings is 2. The number of halogens is 1. The lowest BCUT2D eigenvalue weighted by atomic mass is 9.97. The van der Waals surface area contributed by atoms with Crippen LogP contribution in [0.25, 0.3) is 22.5 Å². The van der Waals surface area contributed by atoms with Crippen LogP contribution in [0.1, 0.15) is 11.3 Å². The predicted octanol–water partition coefficient (Wildman–Crippen LogP) is 4.36. The average molecular weight is 362 g/mol. The summed E-state index contributed by atoms with van der Waals surface area (Å²) in [6, 6.07) is 17.4. The van der Waals surface area contributed by atoms with Gasteiger partial charge in [0.15, 0.2) is 0 Å². The summed E-state index contributed by atoms with van der Waals surface area (Å²) in [4.78, 5) is 8.57. The molecule has 1 aromatic carbocycles. The van der Waals surface area contributed by atoms with Crippen molar-refractivity contribution < 1.29 is 0 Å². The van der Waals surface area contributed by atoms with E-state index in [9.17, 15) is 0 Å². The van der Waals surface area contributed by atoms with Gasteiger partial charge >= 0.3 is 0 Å². The van der Waals surface area contributed by atoms with E-state index in [1.807, 2.05) is 54.6 Å². The Morgan fingerprint density at radius 2 is 1.73 bits per heavy atom. The third-order valence-electron chi connectivity index (χ3n) is 4.18. The molecule has 4 rings (SSSR count). The van der Waals surface area contributed by atoms with Gasteiger partial charge in [-0.25, -0.2) is 4.98 Å². The molecular formula is C20H16ClN5. The van der Waals surface area contributed by atoms with Crippen LogP contribution in [-0.4, -0.2) is 20.2 Å². The van der Waals surface area contributed by atoms with Crippen molar-refractivity contribution in [3.63, 3.8) is 0 Å². The Morgan fingerprint density at radius 3 is 2.54 bits per heavy atom. The monoisotopic (exact) mass is 361 g/mol. The van der Waals surface area contributed by atoms with Crippen LogP contribution in [0, 0.1) is 0 Å². The first-order chi connectivity index (χ1) is 12.7. The van der Waals surface area contributed by atoms with E-state index in [0.717, 1.165) is 33.8 Å². The topological polar surface area (TPSA) is 80.5 Å². The Balaban J connectivity index is 1.72. The molecule has 128 valence electrons. The van der Waals surface area contributed by atoms with Crippen LogP contribution in [0.3, 0.4) is 0 Å². The van der Waals surface area contributed by atoms with E-state index >= 15 is 0 Å². The minimum atomic E-state index is 0.483. The van der Waals surface area contributed by atoms with Crippen LogP contribution >= 0.6 is 11.6 Å². The highest BCUT2D eigenvalue weighted by Crippen LogP contribution is 2.33. The van der Waals surface area contributed by atoms with Crippen LogP contribution in [0.5, 0.6) is 0 Å². The number of hydrogen-bond donors (Lipinski definition) is 2. The molecule has 0 saturated heterocycles. The van der Waals surface area contributed by atoms with Gasteiger partial charge in [-0.1, -0.05) is 35.9 Å². The van der Waals surface area contributed by atoms with Gasteiger partial charge in [-0.2, -0.15) is 5.10 Å². The first-order valence-electron chi connectivity index (χ1n) is 8.16. The number of hydrogen-bond acceptors (Lipinski definition) is 4. The van der Waals surface area contributed by atoms with Crippen LogP contribution in [0.2, 0.25) is 5.02 Å². The summed E-state index contributed by atoms with van der Waals surface area (Å²) in [6.45, 7) is 0. The number of nitrogens with zero attached hydrogens (tertiary/aromatic N) is 3. The molecule has 4 aromatic rings. The van der Waals surface area contributed by atoms with E-state index in [0.29, 0.717) is 17.3 Å². The highest BCUT2D eigenvalue weighted by atomic mass is 35.5. The van der Waals surface area contributed by atoms with Gasteiger partial charge in [-0.3, -0.25) is 10.1 Å². The molecule has 0 amide bonds. The molecule has 26 heavy (non-hydrogen) atoms. The molecule has 0 spiro atoms. The number of rotatable bonds is 4. The molecule has 6 heteroatoms. The molecule has 0 bridgehead atoms. The average Bonchev–Trinajstić information content (AvgIpc) is 3.13. The molecule has 0 saturated carbocycles. The van der Waals surface area contributed by atoms with E-state index in [-0.39, 0.29) is 0 Å². The van der Waals surface area contributed by atoms with Crippen molar-refractivity contribution in [3.8, 4) is 22.5 Å². The quantitative estimate of drug-likeness (QED) is 0.566. The molecule has 0 aliphatic carbocycles. The zero-order valence-electron chi connectivity index (χ0n) is 13.9. The van der Waals surface area contributed by atoms with Crippen LogP contribution in [0.4, 0.5) is 5.82 Å². The molecule has 3 heterocycles. The van der Waals surface area contributed by atoms with Crippen molar-refractivity contribution in [2.75, 3.05) is 5.73 Å². The van der Waals surface area contributed by atoms with E-state index in [2.05, 4.69) is 20.2 Å². The maximum absolute atomic E-state index is 6.38. The fourth-order valence-corrected chi connectivity index (χ4v) is 3.15. The molecule has 0 fully saturated rings. The van der Waals surface area contributed by atoms with Gasteiger partial charge in [0, 0.05) is 40.7 Å². The number of anilines is 1. The summed E-state index contributed by atoms with van der Waals surface area (Å²) in [5, 5.41) is 8.10. The zero-order chi connectivity index (χ0) is 17.9. The summed E-state index contributed by atoms with van der Waals surface area (Å²) in [7, 11) is 0. The van der Waals surface area contributed by atoms with Gasteiger partial charge in [0.1, 0.15) is 11.5 Å². The third-order valence-corrected chi connectivity index (χ3v) is 4.51. The van der Waals surface area contributed by atoms with Crippen molar-refractivity contribution in [1.82, 2.24) is 20.2 Å². The summed E-state index contributed by atoms with van der Waals surface area (Å²) < 4.78 is 0. The minimum Gasteiger partial charge on any atom is -0.383 e. The zero-order valence-corrected chi connectivity index (χ0v) is 14.6. The van der Waals surface area contributed by atoms with Crippen molar-refractivity contribution in [1.29, 1.82) is 0 Å². The molecular weight excluding hydrogens is 346 g/mol. The van der Waals surface area contributed by atoms with Gasteiger partial charge < -0.3 is 5.73 Å². The van der Waals surface area contributed by atoms with Crippen molar-refractivity contribution in [2.45, 2.75) is 6.42 Å². The first kappa shape index (κ1) is 16.3. The van der Waals surface area contributed by atoms with Crippen LogP contribution < -0.4 is 5.73 Å². The Labute approximate surface area is 155 Å². The number of H-pyrrole nitrogens is 1. The van der Waals surface area contributed by atoms with Gasteiger partial charge in [0.05, 0.1) is 5.69 Å². The summed E-state index contributed by atoms with van der Waals surface area (Å²) >= 11 is 6.38. The van der Waals surface area contributed by atoms with Gasteiger partial charge in [-0.15, -0.1) is 0 Å². The highest BCUT2D eigenvalue weighted by Gasteiger charge is 2.14. The van der Waals surface area contributed by atoms with Gasteiger partial charge in [-0.05, 0) is 35.9 Å². The number of benzene rings is 1. The normalized spacial score (nSPS) is 10.8. The van der Waals surface area contributed by atoms with Crippen LogP contribution in [0.15, 0.2) is 67.0 Å². The van der Waals surface area contributed by atoms with Gasteiger partial charge in [0.25, 0.3) is 0 Å². The Bertz CT molecular complexity index is 1040. The second-order valence-electron chi connectivity index (χ2n) is 5.87. The molecule has 0 radical (unpaired) electrons. The van der Waals surface area contributed by atoms with E-state index < -0.39 is 0 Å². The Morgan fingerprint density at radius 1 is 0.885 bits per heavy atom. The Kier molecular flexibility index (Phi) is 4.37. The smallest absolute Gasteiger partial charge is 0.127 e. The number of nitrogens with one attached hydrogen (secondary N) is 1. The fraction of sp³-hybridized carbons (Fsp3) is 0.0500. The van der Waals surface area contributed by atoms with Crippen molar-refractivity contribution in [2.24, 2.45) is 0 Å². The number of aromatic amines is 1. The SMILES string of the molecule is Nc1nccc(-c2ccccc2Cl)c1Cc1cc(-c2ccccn2)n[nH]1. The second kappa shape index (κ2) is 6.98. The molecule has 0 aliphatic rings. The van der Waals surface area contributed by atoms with Crippen molar-refractivity contribution in [3.05, 3.63) is 83.3 Å². The molecule has 0 atom stereocenters. The van der Waals surface area contributed by atoms with Crippen LogP contribution in [-0.2, 0) is 6.42 Å². The summed E-state index contributed by atoms with van der Waals surface area (Å²) in [6.07, 6.45) is 4.02. The standard InChI is InChI=1S/C20H16ClN5/c21-17-6-2-1-5-15(17)14-8-10-24-20(22)16(14)11-13-12-19(26-25-13)18-7-3-4-9-23-18/h1-10,12H,11H2,(H2,22,24)(H,25,26). The lowest BCUT2D eigenvalue weighted by Crippen LogP contribution is -2.02. The molecule has 3 aromatic heterocycles. The predicted molar refractivity (Wildman–Crippen MR) is 104 cm³/mol. The largest absolute Gasteiger partial charge is 0.383 e. The molecule has 5 nitrogen and oxygen atoms in total. The third kappa shape index (κ3) is 3.17. The Hall–Kier alpha value is -3.18. The maximum atomic E-state index is 6.38. The molecule has 0 unspecified atom stereocenters. The lowest BCUT2D eigenvalue weighted by molar-refractivity contribution is 0.994. The molecule has 3 N–H and O–H groups in total. The number of aromatic nitrogens is 4. The van der Waals surface area contributed by atoms with E-state index in [1.165, 1.54) is 0 Å². The number of nitrogens with two attached hydrogens (primary N) is 1. The second-order valence-corrected chi connectivity index (χ2v) is 6.28. The maximum Gasteiger partial charge on any atom is 0.127 e. The van der Waals surface area contributed by atoms with Gasteiger partial charge in [0.2, 0.25) is 0 Å². The summed E-state index contributed by atoms with van der Waals surface area (Å²) in [5.41, 5.74) is 11.5. The molecule has 0 aliphatic heterocycles. The summed E-state index contributed by atoms with van der Waals surface area (Å²) in [5.74, 6) is 0.483. The highest BCUT2D eigenvalue weighted by molar-refractivity contribution is 6.33. The number of nitrogen functional groups attached to an aromatic ring is 1. The van der Waals surface area contributed by atoms with E-state index in [4.69, 9.17) is 17.3 Å². The van der Waals surface area contributed by atoms with E-state index in [1.54, 1.807) is 12.4 Å². The minimum absolute atomic E-state index is 0.483. The lowest BCUT2D eigenvalue weighted by Gasteiger charge is -2.12.